The summed E-state index contributed by atoms with van der Waals surface area (Å²) in [4.78, 5) is 83.3. The number of anilines is 4. The van der Waals surface area contributed by atoms with Crippen LogP contribution in [0.3, 0.4) is 0 Å². The SMILES string of the molecule is Nc1ncnc2c1ncn2COCCOP(=O)(O)O[C@@H]1[C@H](O)[C@@H](COP(=O)(O)O[C@@H]2[C@H](O)[C@@H](COP(=O)(O)O[C@@H]3[C@H](O)[C@@H](CO)O[C@H]3n3cnc4c(NCc5ccccc5)ncnc43)O[C@H]2n2cnc3c(N)ncnc32)O[C@H]1n1cnc2c(N)ncnc21. The van der Waals surface area contributed by atoms with E-state index in [1.54, 1.807) is 0 Å². The van der Waals surface area contributed by atoms with Gasteiger partial charge in [-0.15, -0.1) is 0 Å². The quantitative estimate of drug-likeness (QED) is 0.0240. The summed E-state index contributed by atoms with van der Waals surface area (Å²) in [6.07, 6.45) is -11.3. The number of nitrogens with one attached hydrogen (secondary N) is 1. The second-order valence-corrected chi connectivity index (χ2v) is 23.8. The number of aliphatic hydroxyl groups excluding tert-OH is 4. The van der Waals surface area contributed by atoms with Crippen LogP contribution in [0, 0.1) is 0 Å². The lowest BCUT2D eigenvalue weighted by Crippen LogP contribution is -2.37. The Hall–Kier alpha value is -7.37. The maximum Gasteiger partial charge on any atom is 0.472 e. The van der Waals surface area contributed by atoms with Crippen LogP contribution in [0.15, 0.2) is 81.0 Å². The highest BCUT2D eigenvalue weighted by Gasteiger charge is 2.54. The minimum atomic E-state index is -5.53. The summed E-state index contributed by atoms with van der Waals surface area (Å²) in [6.45, 7) is -3.39. The molecule has 0 bridgehead atoms. The fourth-order valence-corrected chi connectivity index (χ4v) is 12.7. The second-order valence-electron chi connectivity index (χ2n) is 19.6. The molecule has 1 aromatic carbocycles. The zero-order valence-electron chi connectivity index (χ0n) is 45.1. The molecule has 3 aliphatic rings. The number of nitrogens with two attached hydrogens (primary N) is 3. The van der Waals surface area contributed by atoms with Crippen LogP contribution in [-0.4, -0.2) is 201 Å². The molecule has 3 fully saturated rings. The fraction of sp³-hybridized carbons (Fsp3) is 0.422. The first-order valence-electron chi connectivity index (χ1n) is 26.2. The number of nitrogen functional groups attached to an aromatic ring is 3. The molecule has 8 aromatic heterocycles. The van der Waals surface area contributed by atoms with Gasteiger partial charge in [0.2, 0.25) is 0 Å². The summed E-state index contributed by atoms with van der Waals surface area (Å²) < 4.78 is 103. The predicted octanol–water partition coefficient (Wildman–Crippen LogP) is -1.05. The van der Waals surface area contributed by atoms with Gasteiger partial charge in [-0.1, -0.05) is 30.3 Å². The van der Waals surface area contributed by atoms with Gasteiger partial charge in [0.1, 0.15) is 104 Å². The summed E-state index contributed by atoms with van der Waals surface area (Å²) in [6, 6.07) is 9.40. The molecule has 0 aliphatic carbocycles. The number of hydrogen-bond acceptors (Lipinski definition) is 33. The molecule has 9 aromatic rings. The smallest absolute Gasteiger partial charge is 0.394 e. The Morgan fingerprint density at radius 1 is 0.511 bits per heavy atom. The van der Waals surface area contributed by atoms with Crippen LogP contribution in [0.5, 0.6) is 0 Å². The molecule has 0 amide bonds. The van der Waals surface area contributed by atoms with E-state index in [-0.39, 0.29) is 64.3 Å². The fourth-order valence-electron chi connectivity index (χ4n) is 9.91. The average molecular weight is 1290 g/mol. The third-order valence-electron chi connectivity index (χ3n) is 14.1. The molecular weight excluding hydrogens is 1230 g/mol. The van der Waals surface area contributed by atoms with E-state index in [2.05, 4.69) is 65.1 Å². The molecule has 0 saturated carbocycles. The minimum Gasteiger partial charge on any atom is -0.394 e. The zero-order chi connectivity index (χ0) is 61.6. The van der Waals surface area contributed by atoms with Crippen molar-refractivity contribution < 1.29 is 94.9 Å². The number of fused-ring (bicyclic) bond motifs is 4. The van der Waals surface area contributed by atoms with Crippen molar-refractivity contribution in [3.63, 3.8) is 0 Å². The Kier molecular flexibility index (Phi) is 17.2. The lowest BCUT2D eigenvalue weighted by molar-refractivity contribution is -0.0645. The maximum atomic E-state index is 14.1. The average Bonchev–Trinajstić information content (AvgIpc) is 2.19. The van der Waals surface area contributed by atoms with Gasteiger partial charge >= 0.3 is 23.5 Å². The summed E-state index contributed by atoms with van der Waals surface area (Å²) in [5.41, 5.74) is 20.0. The Balaban J connectivity index is 0.730. The van der Waals surface area contributed by atoms with Crippen LogP contribution in [0.1, 0.15) is 24.2 Å². The van der Waals surface area contributed by atoms with Crippen LogP contribution < -0.4 is 22.5 Å². The number of rotatable bonds is 25. The first-order chi connectivity index (χ1) is 42.3. The molecule has 0 spiro atoms. The van der Waals surface area contributed by atoms with Crippen molar-refractivity contribution in [1.29, 1.82) is 0 Å². The van der Waals surface area contributed by atoms with E-state index >= 15 is 0 Å². The van der Waals surface area contributed by atoms with Gasteiger partial charge in [0.15, 0.2) is 70.1 Å². The molecule has 12 rings (SSSR count). The zero-order valence-corrected chi connectivity index (χ0v) is 47.7. The summed E-state index contributed by atoms with van der Waals surface area (Å²) in [7, 11) is -16.1. The second kappa shape index (κ2) is 24.9. The molecule has 0 radical (unpaired) electrons. The summed E-state index contributed by atoms with van der Waals surface area (Å²) in [5.74, 6) is 0.293. The van der Waals surface area contributed by atoms with Crippen LogP contribution >= 0.6 is 23.5 Å². The summed E-state index contributed by atoms with van der Waals surface area (Å²) in [5, 5.41) is 48.2. The van der Waals surface area contributed by atoms with Gasteiger partial charge in [0.25, 0.3) is 0 Å². The Morgan fingerprint density at radius 2 is 0.932 bits per heavy atom. The lowest BCUT2D eigenvalue weighted by atomic mass is 10.1. The number of phosphoric ester groups is 3. The molecule has 11 heterocycles. The van der Waals surface area contributed by atoms with Gasteiger partial charge in [-0.05, 0) is 5.56 Å². The molecule has 40 nitrogen and oxygen atoms in total. The summed E-state index contributed by atoms with van der Waals surface area (Å²) >= 11 is 0. The molecule has 88 heavy (non-hydrogen) atoms. The third kappa shape index (κ3) is 12.4. The normalized spacial score (nSPS) is 26.9. The molecule has 15 atom stereocenters. The van der Waals surface area contributed by atoms with Gasteiger partial charge in [-0.25, -0.2) is 73.5 Å². The number of benzene rings is 1. The van der Waals surface area contributed by atoms with Crippen molar-refractivity contribution in [3.8, 4) is 0 Å². The Morgan fingerprint density at radius 3 is 1.44 bits per heavy atom. The highest BCUT2D eigenvalue weighted by molar-refractivity contribution is 7.48. The highest BCUT2D eigenvalue weighted by atomic mass is 31.2. The minimum absolute atomic E-state index is 0.00498. The molecule has 3 unspecified atom stereocenters. The third-order valence-corrected chi connectivity index (χ3v) is 17.1. The Labute approximate surface area is 492 Å². The first kappa shape index (κ1) is 60.9. The van der Waals surface area contributed by atoms with Crippen LogP contribution in [0.2, 0.25) is 0 Å². The van der Waals surface area contributed by atoms with E-state index in [1.165, 1.54) is 39.0 Å². The van der Waals surface area contributed by atoms with Gasteiger partial charge in [0.05, 0.1) is 58.3 Å². The van der Waals surface area contributed by atoms with E-state index < -0.39 is 124 Å². The van der Waals surface area contributed by atoms with Crippen LogP contribution in [-0.2, 0) is 73.1 Å². The van der Waals surface area contributed by atoms with Crippen molar-refractivity contribution >= 4 is 91.4 Å². The van der Waals surface area contributed by atoms with E-state index in [0.29, 0.717) is 23.5 Å². The van der Waals surface area contributed by atoms with Crippen molar-refractivity contribution in [1.82, 2.24) is 78.1 Å². The van der Waals surface area contributed by atoms with Gasteiger partial charge in [-0.2, -0.15) is 0 Å². The molecule has 14 N–H and O–H groups in total. The number of ether oxygens (including phenoxy) is 4. The Bertz CT molecular complexity index is 4120. The highest BCUT2D eigenvalue weighted by Crippen LogP contribution is 2.54. The number of imidazole rings is 4. The number of aliphatic hydroxyl groups is 4. The number of nitrogens with zero attached hydrogens (tertiary/aromatic N) is 16. The molecule has 468 valence electrons. The van der Waals surface area contributed by atoms with Crippen molar-refractivity contribution in [2.24, 2.45) is 0 Å². The van der Waals surface area contributed by atoms with Gasteiger partial charge in [-0.3, -0.25) is 45.4 Å². The molecular formula is C45H53N20O20P3. The largest absolute Gasteiger partial charge is 0.472 e. The predicted molar refractivity (Wildman–Crippen MR) is 293 cm³/mol. The van der Waals surface area contributed by atoms with Crippen molar-refractivity contribution in [2.75, 3.05) is 55.6 Å². The van der Waals surface area contributed by atoms with E-state index in [9.17, 15) is 48.8 Å². The topological polar surface area (TPSA) is 550 Å². The standard InChI is InChI=1S/C45H53N20O20P3/c46-35-25-39(54-12-50-35)62(16-58-25)20-76-6-7-77-86(70,71)83-33-30(68)23(81-44(33)63-17-59-26-36(47)51-13-55-40(26)63)10-79-88(74,75)85-34-31(69)24(82-45(34)64-18-60-27-37(48)52-14-56-41(27)64)11-78-87(72,73)84-32-29(67)22(9-66)80-43(32)65-19-61-28-38(53-15-57-42(28)65)49-8-21-4-2-1-3-5-21/h1-5,12-19,22-24,29-34,43-45,66-69H,6-11,20H2,(H,70,71)(H,72,73)(H,74,75)(H2,46,50,54)(H2,47,51,55)(H2,48,52,56)(H,49,53,57)/t22-,23-,24-,29-,30-,31-,32-,33-,34-,43-,44-,45-/m1/s1. The van der Waals surface area contributed by atoms with Crippen molar-refractivity contribution in [3.05, 3.63) is 86.5 Å². The number of aromatic nitrogens is 16. The van der Waals surface area contributed by atoms with Crippen LogP contribution in [0.4, 0.5) is 23.3 Å². The van der Waals surface area contributed by atoms with E-state index in [1.807, 2.05) is 30.3 Å². The molecule has 3 saturated heterocycles. The lowest BCUT2D eigenvalue weighted by Gasteiger charge is -2.25. The van der Waals surface area contributed by atoms with E-state index in [0.717, 1.165) is 35.4 Å². The molecule has 3 aliphatic heterocycles. The van der Waals surface area contributed by atoms with Crippen molar-refractivity contribution in [2.45, 2.75) is 86.9 Å². The first-order valence-corrected chi connectivity index (χ1v) is 30.6. The monoisotopic (exact) mass is 1290 g/mol. The number of phosphoric acid groups is 3. The van der Waals surface area contributed by atoms with E-state index in [4.69, 9.17) is 63.3 Å². The van der Waals surface area contributed by atoms with Gasteiger partial charge in [0, 0.05) is 6.54 Å². The van der Waals surface area contributed by atoms with Gasteiger partial charge < -0.3 is 76.6 Å². The van der Waals surface area contributed by atoms with Crippen LogP contribution in [0.25, 0.3) is 44.7 Å². The molecule has 43 heteroatoms. The maximum absolute atomic E-state index is 14.1. The number of hydrogen-bond donors (Lipinski definition) is 11.